The number of halogens is 1. The summed E-state index contributed by atoms with van der Waals surface area (Å²) in [6, 6.07) is 18.3. The van der Waals surface area contributed by atoms with E-state index in [2.05, 4.69) is 16.3 Å². The maximum atomic E-state index is 13.8. The van der Waals surface area contributed by atoms with Crippen molar-refractivity contribution >= 4 is 17.2 Å². The number of hydrogen-bond acceptors (Lipinski definition) is 4. The molecule has 3 aromatic rings. The van der Waals surface area contributed by atoms with Gasteiger partial charge in [0.25, 0.3) is 0 Å². The van der Waals surface area contributed by atoms with E-state index in [1.54, 1.807) is 36.6 Å². The molecule has 0 aliphatic rings. The Morgan fingerprint density at radius 2 is 1.79 bits per heavy atom. The summed E-state index contributed by atoms with van der Waals surface area (Å²) < 4.78 is 19.2. The summed E-state index contributed by atoms with van der Waals surface area (Å²) in [5, 5.41) is 4.84. The average Bonchev–Trinajstić information content (AvgIpc) is 3.21. The number of amides is 1. The van der Waals surface area contributed by atoms with Gasteiger partial charge in [0.2, 0.25) is 5.91 Å². The predicted octanol–water partition coefficient (Wildman–Crippen LogP) is 4.21. The van der Waals surface area contributed by atoms with Crippen LogP contribution in [0.2, 0.25) is 0 Å². The average molecular weight is 399 g/mol. The van der Waals surface area contributed by atoms with Crippen LogP contribution in [0, 0.1) is 5.82 Å². The van der Waals surface area contributed by atoms with Gasteiger partial charge in [-0.2, -0.15) is 0 Å². The zero-order valence-corrected chi connectivity index (χ0v) is 16.5. The Bertz CT molecular complexity index is 899. The van der Waals surface area contributed by atoms with Gasteiger partial charge in [0, 0.05) is 35.6 Å². The van der Waals surface area contributed by atoms with E-state index in [1.165, 1.54) is 10.9 Å². The Hall–Kier alpha value is -2.70. The zero-order valence-electron chi connectivity index (χ0n) is 15.7. The van der Waals surface area contributed by atoms with Crippen molar-refractivity contribution in [3.05, 3.63) is 87.9 Å². The summed E-state index contributed by atoms with van der Waals surface area (Å²) in [7, 11) is 1.64. The first kappa shape index (κ1) is 20.0. The molecule has 0 bridgehead atoms. The molecule has 0 unspecified atom stereocenters. The van der Waals surface area contributed by atoms with Crippen LogP contribution in [0.4, 0.5) is 4.39 Å². The van der Waals surface area contributed by atoms with Crippen molar-refractivity contribution in [2.24, 2.45) is 0 Å². The third kappa shape index (κ3) is 5.65. The number of para-hydroxylation sites is 1. The second-order valence-electron chi connectivity index (χ2n) is 6.40. The molecule has 0 spiro atoms. The first-order chi connectivity index (χ1) is 13.7. The van der Waals surface area contributed by atoms with Gasteiger partial charge in [0.1, 0.15) is 11.6 Å². The second kappa shape index (κ2) is 10.0. The molecular formula is C22H23FN2O2S. The van der Waals surface area contributed by atoms with E-state index in [1.807, 2.05) is 35.7 Å². The predicted molar refractivity (Wildman–Crippen MR) is 110 cm³/mol. The summed E-state index contributed by atoms with van der Waals surface area (Å²) >= 11 is 1.66. The molecule has 0 fully saturated rings. The van der Waals surface area contributed by atoms with Crippen molar-refractivity contribution in [3.8, 4) is 5.75 Å². The lowest BCUT2D eigenvalue weighted by Crippen LogP contribution is -2.36. The molecule has 0 atom stereocenters. The molecule has 6 heteroatoms. The summed E-state index contributed by atoms with van der Waals surface area (Å²) in [5.41, 5.74) is 1.49. The fraction of sp³-hybridized carbons (Fsp3) is 0.227. The highest BCUT2D eigenvalue weighted by Gasteiger charge is 2.15. The van der Waals surface area contributed by atoms with Crippen LogP contribution < -0.4 is 10.1 Å². The highest BCUT2D eigenvalue weighted by Crippen LogP contribution is 2.21. The largest absolute Gasteiger partial charge is 0.496 e. The molecule has 0 aliphatic heterocycles. The van der Waals surface area contributed by atoms with Gasteiger partial charge in [-0.05, 0) is 23.6 Å². The summed E-state index contributed by atoms with van der Waals surface area (Å²) in [4.78, 5) is 15.7. The van der Waals surface area contributed by atoms with Gasteiger partial charge >= 0.3 is 0 Å². The van der Waals surface area contributed by atoms with Crippen LogP contribution in [-0.4, -0.2) is 24.5 Å². The molecule has 28 heavy (non-hydrogen) atoms. The SMILES string of the molecule is COc1ccccc1CN(CC(=O)NCc1ccccc1F)Cc1cccs1. The van der Waals surface area contributed by atoms with Gasteiger partial charge in [-0.15, -0.1) is 11.3 Å². The van der Waals surface area contributed by atoms with Crippen LogP contribution in [0.25, 0.3) is 0 Å². The van der Waals surface area contributed by atoms with Gasteiger partial charge in [-0.1, -0.05) is 42.5 Å². The van der Waals surface area contributed by atoms with Crippen molar-refractivity contribution in [1.82, 2.24) is 10.2 Å². The number of rotatable bonds is 9. The minimum atomic E-state index is -0.313. The number of carbonyl (C=O) groups excluding carboxylic acids is 1. The number of nitrogens with one attached hydrogen (secondary N) is 1. The second-order valence-corrected chi connectivity index (χ2v) is 7.44. The molecule has 0 saturated carbocycles. The lowest BCUT2D eigenvalue weighted by molar-refractivity contribution is -0.122. The van der Waals surface area contributed by atoms with Gasteiger partial charge in [-0.25, -0.2) is 4.39 Å². The van der Waals surface area contributed by atoms with Crippen LogP contribution in [0.3, 0.4) is 0 Å². The van der Waals surface area contributed by atoms with Crippen LogP contribution in [-0.2, 0) is 24.4 Å². The molecule has 1 aromatic heterocycles. The van der Waals surface area contributed by atoms with E-state index < -0.39 is 0 Å². The van der Waals surface area contributed by atoms with E-state index in [0.29, 0.717) is 18.7 Å². The molecule has 1 N–H and O–H groups in total. The molecular weight excluding hydrogens is 375 g/mol. The molecule has 0 aliphatic carbocycles. The Morgan fingerprint density at radius 3 is 2.50 bits per heavy atom. The monoisotopic (exact) mass is 398 g/mol. The first-order valence-electron chi connectivity index (χ1n) is 9.02. The van der Waals surface area contributed by atoms with Crippen molar-refractivity contribution in [1.29, 1.82) is 0 Å². The Balaban J connectivity index is 1.66. The molecule has 1 amide bonds. The minimum absolute atomic E-state index is 0.144. The van der Waals surface area contributed by atoms with Crippen molar-refractivity contribution < 1.29 is 13.9 Å². The minimum Gasteiger partial charge on any atom is -0.496 e. The molecule has 0 saturated heterocycles. The van der Waals surface area contributed by atoms with E-state index in [0.717, 1.165) is 11.3 Å². The lowest BCUT2D eigenvalue weighted by Gasteiger charge is -2.22. The van der Waals surface area contributed by atoms with E-state index in [-0.39, 0.29) is 24.8 Å². The standard InChI is InChI=1S/C22H23FN2O2S/c1-27-21-11-5-3-8-18(21)14-25(15-19-9-6-12-28-19)16-22(26)24-13-17-7-2-4-10-20(17)23/h2-12H,13-16H2,1H3,(H,24,26). The number of ether oxygens (including phenoxy) is 1. The van der Waals surface area contributed by atoms with Crippen molar-refractivity contribution in [3.63, 3.8) is 0 Å². The fourth-order valence-corrected chi connectivity index (χ4v) is 3.71. The van der Waals surface area contributed by atoms with Crippen LogP contribution >= 0.6 is 11.3 Å². The third-order valence-corrected chi connectivity index (χ3v) is 5.21. The smallest absolute Gasteiger partial charge is 0.234 e. The first-order valence-corrected chi connectivity index (χ1v) is 9.90. The molecule has 1 heterocycles. The number of thiophene rings is 1. The normalized spacial score (nSPS) is 10.8. The number of methoxy groups -OCH3 is 1. The van der Waals surface area contributed by atoms with Gasteiger partial charge in [-0.3, -0.25) is 9.69 Å². The highest BCUT2D eigenvalue weighted by atomic mass is 32.1. The molecule has 0 radical (unpaired) electrons. The Morgan fingerprint density at radius 1 is 1.04 bits per heavy atom. The Kier molecular flexibility index (Phi) is 7.17. The summed E-state index contributed by atoms with van der Waals surface area (Å²) in [6.45, 7) is 1.62. The fourth-order valence-electron chi connectivity index (χ4n) is 2.96. The van der Waals surface area contributed by atoms with Gasteiger partial charge < -0.3 is 10.1 Å². The van der Waals surface area contributed by atoms with Gasteiger partial charge in [0.15, 0.2) is 0 Å². The van der Waals surface area contributed by atoms with Gasteiger partial charge in [0.05, 0.1) is 13.7 Å². The highest BCUT2D eigenvalue weighted by molar-refractivity contribution is 7.09. The third-order valence-electron chi connectivity index (χ3n) is 4.35. The maximum Gasteiger partial charge on any atom is 0.234 e. The number of benzene rings is 2. The van der Waals surface area contributed by atoms with E-state index in [9.17, 15) is 9.18 Å². The molecule has 2 aromatic carbocycles. The zero-order chi connectivity index (χ0) is 19.8. The number of nitrogens with zero attached hydrogens (tertiary/aromatic N) is 1. The lowest BCUT2D eigenvalue weighted by atomic mass is 10.2. The quantitative estimate of drug-likeness (QED) is 0.587. The number of hydrogen-bond donors (Lipinski definition) is 1. The van der Waals surface area contributed by atoms with Crippen molar-refractivity contribution in [2.45, 2.75) is 19.6 Å². The van der Waals surface area contributed by atoms with Crippen LogP contribution in [0.1, 0.15) is 16.0 Å². The van der Waals surface area contributed by atoms with Crippen LogP contribution in [0.15, 0.2) is 66.0 Å². The Labute approximate surface area is 168 Å². The molecule has 146 valence electrons. The van der Waals surface area contributed by atoms with Crippen molar-refractivity contribution in [2.75, 3.05) is 13.7 Å². The summed E-state index contributed by atoms with van der Waals surface area (Å²) in [6.07, 6.45) is 0. The van der Waals surface area contributed by atoms with E-state index >= 15 is 0 Å². The molecule has 4 nitrogen and oxygen atoms in total. The topological polar surface area (TPSA) is 41.6 Å². The van der Waals surface area contributed by atoms with E-state index in [4.69, 9.17) is 4.74 Å². The molecule has 3 rings (SSSR count). The summed E-state index contributed by atoms with van der Waals surface area (Å²) in [5.74, 6) is 0.340. The maximum absolute atomic E-state index is 13.8. The van der Waals surface area contributed by atoms with Crippen LogP contribution in [0.5, 0.6) is 5.75 Å². The number of carbonyl (C=O) groups is 1.